The summed E-state index contributed by atoms with van der Waals surface area (Å²) in [6.07, 6.45) is 5.22. The number of benzene rings is 2. The molecule has 1 saturated carbocycles. The van der Waals surface area contributed by atoms with Crippen LogP contribution in [0.3, 0.4) is 0 Å². The fraction of sp³-hybridized carbons (Fsp3) is 0.435. The Labute approximate surface area is 183 Å². The van der Waals surface area contributed by atoms with Crippen molar-refractivity contribution in [1.82, 2.24) is 5.32 Å². The standard InChI is InChI=1S/C23H28N2O5S/c1-16-5-2-3-6-20(16)24-23(26)17-7-9-18(10-8-17)25-31(27,28)19-11-12-21-22(15-19)30-14-4-13-29-21/h7-12,15-16,20,25H,2-6,13-14H2,1H3,(H,24,26)/t16-,20+/m1/s1. The van der Waals surface area contributed by atoms with Crippen LogP contribution in [0, 0.1) is 5.92 Å². The lowest BCUT2D eigenvalue weighted by Crippen LogP contribution is -2.41. The molecule has 2 atom stereocenters. The molecule has 1 aliphatic heterocycles. The third-order valence-corrected chi connectivity index (χ3v) is 7.24. The average Bonchev–Trinajstić information content (AvgIpc) is 3.00. The second-order valence-electron chi connectivity index (χ2n) is 8.18. The average molecular weight is 445 g/mol. The summed E-state index contributed by atoms with van der Waals surface area (Å²) in [5.41, 5.74) is 0.894. The quantitative estimate of drug-likeness (QED) is 0.728. The molecule has 8 heteroatoms. The van der Waals surface area contributed by atoms with Gasteiger partial charge in [0.15, 0.2) is 11.5 Å². The summed E-state index contributed by atoms with van der Waals surface area (Å²) < 4.78 is 39.3. The number of ether oxygens (including phenoxy) is 2. The van der Waals surface area contributed by atoms with Gasteiger partial charge in [0.2, 0.25) is 0 Å². The van der Waals surface area contributed by atoms with Crippen molar-refractivity contribution in [2.75, 3.05) is 17.9 Å². The Morgan fingerprint density at radius 2 is 1.65 bits per heavy atom. The molecule has 1 amide bonds. The molecule has 0 aromatic heterocycles. The minimum absolute atomic E-state index is 0.0878. The van der Waals surface area contributed by atoms with Gasteiger partial charge in [-0.3, -0.25) is 9.52 Å². The maximum absolute atomic E-state index is 12.8. The molecule has 1 heterocycles. The molecule has 0 unspecified atom stereocenters. The van der Waals surface area contributed by atoms with Crippen molar-refractivity contribution in [3.05, 3.63) is 48.0 Å². The van der Waals surface area contributed by atoms with Crippen LogP contribution < -0.4 is 19.5 Å². The van der Waals surface area contributed by atoms with Crippen LogP contribution in [0.1, 0.15) is 49.4 Å². The lowest BCUT2D eigenvalue weighted by molar-refractivity contribution is 0.0910. The van der Waals surface area contributed by atoms with Crippen LogP contribution in [0.5, 0.6) is 11.5 Å². The van der Waals surface area contributed by atoms with E-state index in [0.29, 0.717) is 41.9 Å². The first-order valence-electron chi connectivity index (χ1n) is 10.8. The number of carbonyl (C=O) groups is 1. The summed E-state index contributed by atoms with van der Waals surface area (Å²) in [4.78, 5) is 12.7. The number of rotatable bonds is 5. The number of hydrogen-bond donors (Lipinski definition) is 2. The van der Waals surface area contributed by atoms with E-state index < -0.39 is 10.0 Å². The number of amides is 1. The zero-order chi connectivity index (χ0) is 21.8. The maximum atomic E-state index is 12.8. The van der Waals surface area contributed by atoms with Crippen molar-refractivity contribution in [2.45, 2.75) is 50.0 Å². The van der Waals surface area contributed by atoms with Crippen LogP contribution >= 0.6 is 0 Å². The highest BCUT2D eigenvalue weighted by atomic mass is 32.2. The van der Waals surface area contributed by atoms with E-state index >= 15 is 0 Å². The highest BCUT2D eigenvalue weighted by Gasteiger charge is 2.23. The summed E-state index contributed by atoms with van der Waals surface area (Å²) in [6, 6.07) is 11.2. The van der Waals surface area contributed by atoms with Gasteiger partial charge >= 0.3 is 0 Å². The molecular weight excluding hydrogens is 416 g/mol. The van der Waals surface area contributed by atoms with Crippen LogP contribution in [0.25, 0.3) is 0 Å². The van der Waals surface area contributed by atoms with E-state index in [1.54, 1.807) is 30.3 Å². The summed E-state index contributed by atoms with van der Waals surface area (Å²) in [6.45, 7) is 3.19. The minimum atomic E-state index is -3.81. The van der Waals surface area contributed by atoms with E-state index in [0.717, 1.165) is 25.7 Å². The summed E-state index contributed by atoms with van der Waals surface area (Å²) in [5.74, 6) is 1.30. The van der Waals surface area contributed by atoms with Gasteiger partial charge in [-0.1, -0.05) is 19.8 Å². The zero-order valence-corrected chi connectivity index (χ0v) is 18.4. The van der Waals surface area contributed by atoms with E-state index in [4.69, 9.17) is 9.47 Å². The fourth-order valence-corrected chi connectivity index (χ4v) is 5.07. The van der Waals surface area contributed by atoms with Gasteiger partial charge in [-0.2, -0.15) is 0 Å². The SMILES string of the molecule is C[C@@H]1CCCC[C@@H]1NC(=O)c1ccc(NS(=O)(=O)c2ccc3c(c2)OCCCO3)cc1. The van der Waals surface area contributed by atoms with Gasteiger partial charge in [-0.05, 0) is 55.2 Å². The van der Waals surface area contributed by atoms with Crippen LogP contribution in [0.15, 0.2) is 47.4 Å². The largest absolute Gasteiger partial charge is 0.490 e. The maximum Gasteiger partial charge on any atom is 0.262 e. The van der Waals surface area contributed by atoms with Gasteiger partial charge < -0.3 is 14.8 Å². The van der Waals surface area contributed by atoms with Crippen molar-refractivity contribution in [3.63, 3.8) is 0 Å². The number of anilines is 1. The Hall–Kier alpha value is -2.74. The van der Waals surface area contributed by atoms with Gasteiger partial charge in [-0.15, -0.1) is 0 Å². The Morgan fingerprint density at radius 1 is 0.935 bits per heavy atom. The summed E-state index contributed by atoms with van der Waals surface area (Å²) in [5, 5.41) is 3.11. The molecule has 2 N–H and O–H groups in total. The monoisotopic (exact) mass is 444 g/mol. The second-order valence-corrected chi connectivity index (χ2v) is 9.87. The van der Waals surface area contributed by atoms with Crippen LogP contribution in [0.4, 0.5) is 5.69 Å². The Kier molecular flexibility index (Phi) is 6.36. The minimum Gasteiger partial charge on any atom is -0.490 e. The fourth-order valence-electron chi connectivity index (χ4n) is 4.00. The van der Waals surface area contributed by atoms with Crippen LogP contribution in [-0.4, -0.2) is 33.6 Å². The third kappa shape index (κ3) is 5.12. The molecule has 0 spiro atoms. The third-order valence-electron chi connectivity index (χ3n) is 5.86. The van der Waals surface area contributed by atoms with Gasteiger partial charge in [0.05, 0.1) is 18.1 Å². The Morgan fingerprint density at radius 3 is 2.39 bits per heavy atom. The smallest absolute Gasteiger partial charge is 0.262 e. The van der Waals surface area contributed by atoms with E-state index in [1.807, 2.05) is 0 Å². The predicted octanol–water partition coefficient (Wildman–Crippen LogP) is 3.96. The zero-order valence-electron chi connectivity index (χ0n) is 17.6. The van der Waals surface area contributed by atoms with Crippen molar-refractivity contribution in [1.29, 1.82) is 0 Å². The lowest BCUT2D eigenvalue weighted by atomic mass is 9.86. The molecule has 7 nitrogen and oxygen atoms in total. The summed E-state index contributed by atoms with van der Waals surface area (Å²) in [7, 11) is -3.81. The first-order valence-corrected chi connectivity index (χ1v) is 12.2. The highest BCUT2D eigenvalue weighted by molar-refractivity contribution is 7.92. The molecule has 1 fully saturated rings. The number of fused-ring (bicyclic) bond motifs is 1. The van der Waals surface area contributed by atoms with Gasteiger partial charge in [0, 0.05) is 29.8 Å². The number of nitrogens with one attached hydrogen (secondary N) is 2. The van der Waals surface area contributed by atoms with Gasteiger partial charge in [0.1, 0.15) is 0 Å². The molecule has 0 saturated heterocycles. The molecule has 0 bridgehead atoms. The van der Waals surface area contributed by atoms with E-state index in [-0.39, 0.29) is 16.8 Å². The van der Waals surface area contributed by atoms with Crippen LogP contribution in [-0.2, 0) is 10.0 Å². The molecular formula is C23H28N2O5S. The molecule has 2 aromatic carbocycles. The van der Waals surface area contributed by atoms with E-state index in [9.17, 15) is 13.2 Å². The van der Waals surface area contributed by atoms with E-state index in [2.05, 4.69) is 17.0 Å². The molecule has 166 valence electrons. The number of sulfonamides is 1. The molecule has 0 radical (unpaired) electrons. The van der Waals surface area contributed by atoms with Crippen molar-refractivity contribution in [3.8, 4) is 11.5 Å². The Bertz CT molecular complexity index is 1040. The molecule has 31 heavy (non-hydrogen) atoms. The second kappa shape index (κ2) is 9.18. The van der Waals surface area contributed by atoms with Gasteiger partial charge in [0.25, 0.3) is 15.9 Å². The molecule has 2 aromatic rings. The number of hydrogen-bond acceptors (Lipinski definition) is 5. The van der Waals surface area contributed by atoms with Crippen molar-refractivity contribution >= 4 is 21.6 Å². The van der Waals surface area contributed by atoms with E-state index in [1.165, 1.54) is 18.6 Å². The predicted molar refractivity (Wildman–Crippen MR) is 118 cm³/mol. The summed E-state index contributed by atoms with van der Waals surface area (Å²) >= 11 is 0. The molecule has 1 aliphatic carbocycles. The molecule has 2 aliphatic rings. The normalized spacial score (nSPS) is 21.1. The molecule has 4 rings (SSSR count). The Balaban J connectivity index is 1.43. The lowest BCUT2D eigenvalue weighted by Gasteiger charge is -2.29. The highest BCUT2D eigenvalue weighted by Crippen LogP contribution is 2.32. The first kappa shape index (κ1) is 21.5. The number of carbonyl (C=O) groups excluding carboxylic acids is 1. The first-order chi connectivity index (χ1) is 14.9. The topological polar surface area (TPSA) is 93.7 Å². The van der Waals surface area contributed by atoms with Crippen molar-refractivity contribution in [2.24, 2.45) is 5.92 Å². The van der Waals surface area contributed by atoms with Crippen molar-refractivity contribution < 1.29 is 22.7 Å². The van der Waals surface area contributed by atoms with Gasteiger partial charge in [-0.25, -0.2) is 8.42 Å². The van der Waals surface area contributed by atoms with Crippen LogP contribution in [0.2, 0.25) is 0 Å².